The lowest BCUT2D eigenvalue weighted by molar-refractivity contribution is -0.156. The van der Waals surface area contributed by atoms with Crippen molar-refractivity contribution < 1.29 is 17.9 Å². The first-order valence-electron chi connectivity index (χ1n) is 5.69. The molecule has 1 aromatic heterocycles. The number of rotatable bonds is 4. The summed E-state index contributed by atoms with van der Waals surface area (Å²) in [5.74, 6) is -0.614. The fraction of sp³-hybridized carbons (Fsp3) is 0.636. The lowest BCUT2D eigenvalue weighted by atomic mass is 10.2. The van der Waals surface area contributed by atoms with Crippen molar-refractivity contribution >= 4 is 27.3 Å². The number of esters is 1. The Hall–Kier alpha value is -0.990. The topological polar surface area (TPSA) is 85.4 Å². The van der Waals surface area contributed by atoms with Gasteiger partial charge < -0.3 is 4.74 Å². The number of carbonyl (C=O) groups excluding carboxylic acids is 1. The van der Waals surface area contributed by atoms with E-state index in [9.17, 15) is 13.2 Å². The molecule has 108 valence electrons. The van der Waals surface area contributed by atoms with E-state index in [2.05, 4.69) is 9.71 Å². The Morgan fingerprint density at radius 1 is 1.47 bits per heavy atom. The minimum absolute atomic E-state index is 0.0837. The summed E-state index contributed by atoms with van der Waals surface area (Å²) < 4.78 is 31.4. The van der Waals surface area contributed by atoms with E-state index in [1.165, 1.54) is 13.1 Å². The minimum atomic E-state index is -3.73. The van der Waals surface area contributed by atoms with Gasteiger partial charge in [0.05, 0.1) is 11.2 Å². The van der Waals surface area contributed by atoms with E-state index < -0.39 is 27.6 Å². The Morgan fingerprint density at radius 3 is 2.47 bits per heavy atom. The molecule has 0 aliphatic carbocycles. The lowest BCUT2D eigenvalue weighted by Gasteiger charge is -2.22. The first-order valence-corrected chi connectivity index (χ1v) is 7.99. The molecule has 1 atom stereocenters. The number of sulfonamides is 1. The zero-order chi connectivity index (χ0) is 14.8. The third-order valence-corrected chi connectivity index (χ3v) is 4.87. The van der Waals surface area contributed by atoms with Crippen LogP contribution in [0.25, 0.3) is 0 Å². The Labute approximate surface area is 117 Å². The summed E-state index contributed by atoms with van der Waals surface area (Å²) in [6.45, 7) is 8.32. The van der Waals surface area contributed by atoms with Gasteiger partial charge in [-0.25, -0.2) is 13.4 Å². The highest BCUT2D eigenvalue weighted by Crippen LogP contribution is 2.18. The fourth-order valence-electron chi connectivity index (χ4n) is 1.20. The third-order valence-electron chi connectivity index (χ3n) is 1.96. The Kier molecular flexibility index (Phi) is 4.70. The van der Waals surface area contributed by atoms with E-state index >= 15 is 0 Å². The number of hydrogen-bond acceptors (Lipinski definition) is 6. The summed E-state index contributed by atoms with van der Waals surface area (Å²) in [6, 6.07) is -0.952. The quantitative estimate of drug-likeness (QED) is 0.851. The van der Waals surface area contributed by atoms with Crippen molar-refractivity contribution in [3.05, 3.63) is 11.2 Å². The Balaban J connectivity index is 2.76. The van der Waals surface area contributed by atoms with E-state index in [4.69, 9.17) is 4.74 Å². The molecule has 0 aromatic carbocycles. The van der Waals surface area contributed by atoms with Crippen LogP contribution in [0.15, 0.2) is 10.4 Å². The first-order chi connectivity index (χ1) is 8.51. The molecular formula is C11H18N2O4S2. The molecule has 1 heterocycles. The van der Waals surface area contributed by atoms with Crippen molar-refractivity contribution in [2.24, 2.45) is 0 Å². The summed E-state index contributed by atoms with van der Waals surface area (Å²) in [5.41, 5.74) is -0.655. The monoisotopic (exact) mass is 306 g/mol. The van der Waals surface area contributed by atoms with Crippen molar-refractivity contribution in [2.45, 2.75) is 50.5 Å². The van der Waals surface area contributed by atoms with Gasteiger partial charge in [-0.2, -0.15) is 4.72 Å². The lowest BCUT2D eigenvalue weighted by Crippen LogP contribution is -2.41. The van der Waals surface area contributed by atoms with E-state index in [0.29, 0.717) is 5.01 Å². The number of aromatic nitrogens is 1. The largest absolute Gasteiger partial charge is 0.459 e. The van der Waals surface area contributed by atoms with E-state index in [-0.39, 0.29) is 4.21 Å². The van der Waals surface area contributed by atoms with Crippen molar-refractivity contribution in [3.63, 3.8) is 0 Å². The van der Waals surface area contributed by atoms with Gasteiger partial charge in [0.1, 0.15) is 11.6 Å². The molecule has 0 saturated carbocycles. The number of nitrogens with one attached hydrogen (secondary N) is 1. The second kappa shape index (κ2) is 5.56. The van der Waals surface area contributed by atoms with Gasteiger partial charge in [0.2, 0.25) is 0 Å². The molecular weight excluding hydrogens is 288 g/mol. The number of hydrogen-bond donors (Lipinski definition) is 1. The van der Waals surface area contributed by atoms with Crippen molar-refractivity contribution in [3.8, 4) is 0 Å². The predicted molar refractivity (Wildman–Crippen MR) is 72.5 cm³/mol. The molecule has 1 aromatic rings. The zero-order valence-electron chi connectivity index (χ0n) is 11.6. The summed E-state index contributed by atoms with van der Waals surface area (Å²) in [7, 11) is -3.73. The van der Waals surface area contributed by atoms with E-state index in [1.807, 2.05) is 0 Å². The van der Waals surface area contributed by atoms with Crippen LogP contribution in [0.3, 0.4) is 0 Å². The van der Waals surface area contributed by atoms with Crippen LogP contribution >= 0.6 is 11.3 Å². The van der Waals surface area contributed by atoms with Crippen molar-refractivity contribution in [1.29, 1.82) is 0 Å². The number of ether oxygens (including phenoxy) is 1. The van der Waals surface area contributed by atoms with Gasteiger partial charge in [-0.15, -0.1) is 11.3 Å². The van der Waals surface area contributed by atoms with Gasteiger partial charge >= 0.3 is 5.97 Å². The number of thiazole rings is 1. The molecule has 0 aliphatic heterocycles. The minimum Gasteiger partial charge on any atom is -0.459 e. The van der Waals surface area contributed by atoms with Crippen LogP contribution in [0, 0.1) is 6.92 Å². The number of carbonyl (C=O) groups is 1. The van der Waals surface area contributed by atoms with E-state index in [1.54, 1.807) is 27.7 Å². The van der Waals surface area contributed by atoms with Crippen LogP contribution < -0.4 is 4.72 Å². The number of aryl methyl sites for hydroxylation is 1. The molecule has 0 spiro atoms. The second-order valence-corrected chi connectivity index (χ2v) is 8.25. The third kappa shape index (κ3) is 4.88. The molecule has 0 radical (unpaired) electrons. The maximum atomic E-state index is 12.0. The molecule has 0 unspecified atom stereocenters. The average Bonchev–Trinajstić information content (AvgIpc) is 2.62. The second-order valence-electron chi connectivity index (χ2n) is 5.07. The molecule has 8 heteroatoms. The predicted octanol–water partition coefficient (Wildman–Crippen LogP) is 1.46. The standard InChI is InChI=1S/C11H18N2O4S2/c1-7(10(14)17-11(3,4)5)13-19(15,16)9-6-12-8(2)18-9/h6-7,13H,1-5H3/t7-/m1/s1. The van der Waals surface area contributed by atoms with Crippen LogP contribution in [0.5, 0.6) is 0 Å². The summed E-state index contributed by atoms with van der Waals surface area (Å²) in [4.78, 5) is 15.6. The SMILES string of the molecule is Cc1ncc(S(=O)(=O)N[C@H](C)C(=O)OC(C)(C)C)s1. The van der Waals surface area contributed by atoms with Crippen LogP contribution in [-0.2, 0) is 19.6 Å². The van der Waals surface area contributed by atoms with Gasteiger partial charge in [-0.1, -0.05) is 0 Å². The maximum Gasteiger partial charge on any atom is 0.324 e. The van der Waals surface area contributed by atoms with Gasteiger partial charge in [0.25, 0.3) is 10.0 Å². The van der Waals surface area contributed by atoms with Gasteiger partial charge in [0.15, 0.2) is 4.21 Å². The van der Waals surface area contributed by atoms with Crippen molar-refractivity contribution in [1.82, 2.24) is 9.71 Å². The average molecular weight is 306 g/mol. The Morgan fingerprint density at radius 2 is 2.05 bits per heavy atom. The molecule has 19 heavy (non-hydrogen) atoms. The van der Waals surface area contributed by atoms with Crippen LogP contribution in [0.4, 0.5) is 0 Å². The zero-order valence-corrected chi connectivity index (χ0v) is 13.2. The fourth-order valence-corrected chi connectivity index (χ4v) is 3.51. The van der Waals surface area contributed by atoms with E-state index in [0.717, 1.165) is 11.3 Å². The first kappa shape index (κ1) is 16.1. The van der Waals surface area contributed by atoms with Crippen LogP contribution in [0.1, 0.15) is 32.7 Å². The van der Waals surface area contributed by atoms with Gasteiger partial charge in [-0.05, 0) is 34.6 Å². The van der Waals surface area contributed by atoms with Gasteiger partial charge in [-0.3, -0.25) is 4.79 Å². The summed E-state index contributed by atoms with van der Waals surface area (Å²) in [6.07, 6.45) is 1.27. The smallest absolute Gasteiger partial charge is 0.324 e. The Bertz CT molecular complexity index is 557. The molecule has 6 nitrogen and oxygen atoms in total. The highest BCUT2D eigenvalue weighted by atomic mass is 32.2. The molecule has 1 N–H and O–H groups in total. The molecule has 0 saturated heterocycles. The molecule has 0 amide bonds. The van der Waals surface area contributed by atoms with Gasteiger partial charge in [0, 0.05) is 0 Å². The number of nitrogens with zero attached hydrogens (tertiary/aromatic N) is 1. The van der Waals surface area contributed by atoms with Crippen LogP contribution in [0.2, 0.25) is 0 Å². The summed E-state index contributed by atoms with van der Waals surface area (Å²) in [5, 5.41) is 0.644. The van der Waals surface area contributed by atoms with Crippen LogP contribution in [-0.4, -0.2) is 31.0 Å². The molecule has 0 aliphatic rings. The maximum absolute atomic E-state index is 12.0. The molecule has 1 rings (SSSR count). The van der Waals surface area contributed by atoms with Crippen molar-refractivity contribution in [2.75, 3.05) is 0 Å². The highest BCUT2D eigenvalue weighted by molar-refractivity contribution is 7.91. The highest BCUT2D eigenvalue weighted by Gasteiger charge is 2.27. The molecule has 0 bridgehead atoms. The normalized spacial score (nSPS) is 14.2. The summed E-state index contributed by atoms with van der Waals surface area (Å²) >= 11 is 1.05. The molecule has 0 fully saturated rings.